The highest BCUT2D eigenvalue weighted by Gasteiger charge is 2.46. The summed E-state index contributed by atoms with van der Waals surface area (Å²) in [7, 11) is 0. The van der Waals surface area contributed by atoms with Gasteiger partial charge in [-0.1, -0.05) is 29.4 Å². The third kappa shape index (κ3) is 4.33. The zero-order valence-electron chi connectivity index (χ0n) is 19.6. The van der Waals surface area contributed by atoms with E-state index in [1.165, 1.54) is 5.56 Å². The molecule has 0 radical (unpaired) electrons. The Morgan fingerprint density at radius 1 is 1.08 bits per heavy atom. The van der Waals surface area contributed by atoms with Crippen LogP contribution in [0.15, 0.2) is 59.4 Å². The van der Waals surface area contributed by atoms with Gasteiger partial charge in [0.1, 0.15) is 11.9 Å². The molecule has 3 N–H and O–H groups in total. The molecule has 4 aromatic rings. The summed E-state index contributed by atoms with van der Waals surface area (Å²) < 4.78 is 11.2. The Morgan fingerprint density at radius 3 is 2.69 bits per heavy atom. The fourth-order valence-corrected chi connectivity index (χ4v) is 4.41. The number of hydrogen-bond donors (Lipinski definition) is 2. The molecule has 1 saturated carbocycles. The minimum absolute atomic E-state index is 0.144. The van der Waals surface area contributed by atoms with Crippen molar-refractivity contribution in [1.82, 2.24) is 25.4 Å². The highest BCUT2D eigenvalue weighted by molar-refractivity contribution is 5.73. The minimum Gasteiger partial charge on any atom is -0.382 e. The molecule has 36 heavy (non-hydrogen) atoms. The smallest absolute Gasteiger partial charge is 0.189 e. The Balaban J connectivity index is 1.22. The molecule has 1 aromatic carbocycles. The topological polar surface area (TPSA) is 136 Å². The second-order valence-corrected chi connectivity index (χ2v) is 9.27. The number of hydrogen-bond acceptors (Lipinski definition) is 9. The van der Waals surface area contributed by atoms with E-state index in [1.54, 1.807) is 12.4 Å². The first-order chi connectivity index (χ1) is 17.6. The maximum atomic E-state index is 9.52. The van der Waals surface area contributed by atoms with E-state index in [0.29, 0.717) is 22.8 Å². The first-order valence-corrected chi connectivity index (χ1v) is 12.1. The van der Waals surface area contributed by atoms with Crippen molar-refractivity contribution >= 4 is 5.82 Å². The van der Waals surface area contributed by atoms with Crippen LogP contribution in [0.3, 0.4) is 0 Å². The van der Waals surface area contributed by atoms with Gasteiger partial charge in [-0.05, 0) is 43.4 Å². The number of ether oxygens (including phenoxy) is 1. The summed E-state index contributed by atoms with van der Waals surface area (Å²) in [6.07, 6.45) is 7.27. The van der Waals surface area contributed by atoms with Crippen molar-refractivity contribution in [2.75, 3.05) is 12.3 Å². The van der Waals surface area contributed by atoms with Crippen LogP contribution in [0.5, 0.6) is 0 Å². The number of aromatic nitrogens is 4. The number of nitrogens with zero attached hydrogens (tertiary/aromatic N) is 5. The number of pyridine rings is 1. The molecule has 180 valence electrons. The normalized spacial score (nSPS) is 18.1. The summed E-state index contributed by atoms with van der Waals surface area (Å²) in [5.41, 5.74) is 11.1. The predicted octanol–water partition coefficient (Wildman–Crippen LogP) is 4.22. The van der Waals surface area contributed by atoms with Gasteiger partial charge in [-0.2, -0.15) is 5.26 Å². The van der Waals surface area contributed by atoms with Gasteiger partial charge in [-0.25, -0.2) is 9.97 Å². The number of nitrogens with one attached hydrogen (secondary N) is 1. The average Bonchev–Trinajstić information content (AvgIpc) is 3.28. The van der Waals surface area contributed by atoms with Gasteiger partial charge in [0, 0.05) is 36.5 Å². The maximum absolute atomic E-state index is 9.52. The first-order valence-electron chi connectivity index (χ1n) is 12.1. The minimum atomic E-state index is -0.476. The Labute approximate surface area is 208 Å². The molecular weight excluding hydrogens is 454 g/mol. The molecule has 1 saturated heterocycles. The zero-order valence-corrected chi connectivity index (χ0v) is 19.6. The number of benzene rings is 1. The Kier molecular flexibility index (Phi) is 5.68. The van der Waals surface area contributed by atoms with Crippen LogP contribution in [0.1, 0.15) is 36.9 Å². The highest BCUT2D eigenvalue weighted by atomic mass is 16.5. The van der Waals surface area contributed by atoms with E-state index >= 15 is 0 Å². The summed E-state index contributed by atoms with van der Waals surface area (Å²) in [5, 5.41) is 17.2. The summed E-state index contributed by atoms with van der Waals surface area (Å²) in [6, 6.07) is 16.1. The van der Waals surface area contributed by atoms with Crippen molar-refractivity contribution < 1.29 is 9.26 Å². The lowest BCUT2D eigenvalue weighted by molar-refractivity contribution is 0.0827. The molecule has 0 bridgehead atoms. The number of nitrogen functional groups attached to an aromatic ring is 1. The van der Waals surface area contributed by atoms with Gasteiger partial charge in [0.15, 0.2) is 17.3 Å². The molecule has 0 unspecified atom stereocenters. The van der Waals surface area contributed by atoms with Crippen LogP contribution in [0, 0.1) is 11.3 Å². The van der Waals surface area contributed by atoms with E-state index in [-0.39, 0.29) is 12.0 Å². The largest absolute Gasteiger partial charge is 0.382 e. The van der Waals surface area contributed by atoms with E-state index < -0.39 is 5.41 Å². The van der Waals surface area contributed by atoms with Crippen LogP contribution in [0.25, 0.3) is 34.0 Å². The fraction of sp³-hybridized carbons (Fsp3) is 0.296. The Bertz CT molecular complexity index is 1430. The Morgan fingerprint density at radius 2 is 1.94 bits per heavy atom. The SMILES string of the molecule is N#CC1(c2cc(-c3cnc(N)c(-c4cc(-c5ccc(CN[C@H]6CCCO6)cc5)no4)n3)ccn2)CC1. The molecule has 0 amide bonds. The van der Waals surface area contributed by atoms with Gasteiger partial charge in [0.05, 0.1) is 29.1 Å². The zero-order chi connectivity index (χ0) is 24.5. The van der Waals surface area contributed by atoms with E-state index in [2.05, 4.69) is 38.6 Å². The lowest BCUT2D eigenvalue weighted by Gasteiger charge is -2.11. The second-order valence-electron chi connectivity index (χ2n) is 9.27. The predicted molar refractivity (Wildman–Crippen MR) is 133 cm³/mol. The van der Waals surface area contributed by atoms with Crippen LogP contribution in [0.4, 0.5) is 5.82 Å². The molecular formula is C27H25N7O2. The lowest BCUT2D eigenvalue weighted by atomic mass is 10.0. The van der Waals surface area contributed by atoms with Crippen molar-refractivity contribution in [2.24, 2.45) is 0 Å². The van der Waals surface area contributed by atoms with E-state index in [0.717, 1.165) is 55.7 Å². The standard InChI is InChI=1S/C27H25N7O2/c28-16-27(8-9-27)23-12-19(7-10-30-23)21-15-32-26(29)25(33-21)22-13-20(34-36-22)18-5-3-17(4-6-18)14-31-24-2-1-11-35-24/h3-7,10,12-13,15,24,31H,1-2,8-9,11,14H2,(H2,29,32)/t24-/m1/s1. The van der Waals surface area contributed by atoms with Gasteiger partial charge < -0.3 is 15.0 Å². The number of nitriles is 1. The van der Waals surface area contributed by atoms with Crippen LogP contribution >= 0.6 is 0 Å². The first kappa shape index (κ1) is 22.3. The van der Waals surface area contributed by atoms with E-state index in [1.807, 2.05) is 30.3 Å². The third-order valence-corrected chi connectivity index (χ3v) is 6.77. The van der Waals surface area contributed by atoms with Crippen molar-refractivity contribution in [1.29, 1.82) is 5.26 Å². The van der Waals surface area contributed by atoms with E-state index in [4.69, 9.17) is 20.0 Å². The van der Waals surface area contributed by atoms with Gasteiger partial charge >= 0.3 is 0 Å². The number of nitrogens with two attached hydrogens (primary N) is 1. The van der Waals surface area contributed by atoms with Crippen LogP contribution in [-0.4, -0.2) is 32.9 Å². The maximum Gasteiger partial charge on any atom is 0.189 e. The van der Waals surface area contributed by atoms with Crippen LogP contribution < -0.4 is 11.1 Å². The molecule has 1 aliphatic heterocycles. The van der Waals surface area contributed by atoms with Crippen LogP contribution in [-0.2, 0) is 16.7 Å². The molecule has 1 aliphatic carbocycles. The van der Waals surface area contributed by atoms with Crippen molar-refractivity contribution in [3.8, 4) is 40.0 Å². The molecule has 3 aromatic heterocycles. The van der Waals surface area contributed by atoms with Crippen molar-refractivity contribution in [2.45, 2.75) is 43.9 Å². The molecule has 6 rings (SSSR count). The Hall–Kier alpha value is -4.13. The monoisotopic (exact) mass is 479 g/mol. The second kappa shape index (κ2) is 9.15. The van der Waals surface area contributed by atoms with Gasteiger partial charge in [-0.15, -0.1) is 0 Å². The molecule has 2 aliphatic rings. The number of rotatable bonds is 7. The summed E-state index contributed by atoms with van der Waals surface area (Å²) >= 11 is 0. The molecule has 4 heterocycles. The van der Waals surface area contributed by atoms with Crippen molar-refractivity contribution in [3.05, 3.63) is 66.1 Å². The third-order valence-electron chi connectivity index (χ3n) is 6.77. The van der Waals surface area contributed by atoms with Gasteiger partial charge in [-0.3, -0.25) is 10.3 Å². The molecule has 9 heteroatoms. The van der Waals surface area contributed by atoms with E-state index in [9.17, 15) is 5.26 Å². The summed E-state index contributed by atoms with van der Waals surface area (Å²) in [4.78, 5) is 13.5. The van der Waals surface area contributed by atoms with Crippen molar-refractivity contribution in [3.63, 3.8) is 0 Å². The molecule has 9 nitrogen and oxygen atoms in total. The fourth-order valence-electron chi connectivity index (χ4n) is 4.41. The highest BCUT2D eigenvalue weighted by Crippen LogP contribution is 2.47. The molecule has 0 spiro atoms. The number of anilines is 1. The van der Waals surface area contributed by atoms with Gasteiger partial charge in [0.25, 0.3) is 0 Å². The molecule has 1 atom stereocenters. The van der Waals surface area contributed by atoms with Crippen LogP contribution in [0.2, 0.25) is 0 Å². The quantitative estimate of drug-likeness (QED) is 0.399. The summed E-state index contributed by atoms with van der Waals surface area (Å²) in [6.45, 7) is 1.58. The molecule has 2 fully saturated rings. The van der Waals surface area contributed by atoms with Gasteiger partial charge in [0.2, 0.25) is 0 Å². The lowest BCUT2D eigenvalue weighted by Crippen LogP contribution is -2.27. The summed E-state index contributed by atoms with van der Waals surface area (Å²) in [5.74, 6) is 0.688. The average molecular weight is 480 g/mol.